The summed E-state index contributed by atoms with van der Waals surface area (Å²) in [5.74, 6) is -0.0697. The Bertz CT molecular complexity index is 1390. The van der Waals surface area contributed by atoms with Gasteiger partial charge in [0.25, 0.3) is 0 Å². The molecule has 9 heteroatoms. The number of carbonyl (C=O) groups excluding carboxylic acids is 2. The zero-order valence-electron chi connectivity index (χ0n) is 26.7. The smallest absolute Gasteiger partial charge is 0.224 e. The van der Waals surface area contributed by atoms with Crippen LogP contribution < -0.4 is 16.4 Å². The number of nitrogens with two attached hydrogens (primary N) is 1. The Morgan fingerprint density at radius 1 is 0.804 bits per heavy atom. The molecule has 2 aliphatic rings. The lowest BCUT2D eigenvalue weighted by atomic mass is 9.99. The van der Waals surface area contributed by atoms with Gasteiger partial charge in [0, 0.05) is 37.9 Å². The van der Waals surface area contributed by atoms with E-state index in [9.17, 15) is 14.7 Å². The van der Waals surface area contributed by atoms with Crippen molar-refractivity contribution >= 4 is 23.2 Å². The fraction of sp³-hybridized carbons (Fsp3) is 0.459. The molecule has 2 saturated heterocycles. The van der Waals surface area contributed by atoms with Crippen LogP contribution in [0.25, 0.3) is 0 Å². The van der Waals surface area contributed by atoms with Crippen molar-refractivity contribution in [2.24, 2.45) is 0 Å². The molecule has 5 rings (SSSR count). The standard InChI is InChI=1S/C37H48N4O5/c38-32-9-5-6-10-33(32)40-36(44)12-4-1-3-11-35(43)39-24-27-13-19-30(20-14-27)37-45-31(25-41-21-7-2-8-22-41)23-34(46-37)29-17-15-28(26-42)16-18-29/h5-6,9-10,13-20,31,34,37,42H,1-4,7-8,11-12,21-26,38H2,(H,39,43)(H,40,44)/t31-,34+,37+/m1/s1. The molecule has 46 heavy (non-hydrogen) atoms. The Kier molecular flexibility index (Phi) is 12.6. The molecule has 0 bridgehead atoms. The van der Waals surface area contributed by atoms with Crippen molar-refractivity contribution in [1.82, 2.24) is 10.2 Å². The van der Waals surface area contributed by atoms with Crippen LogP contribution in [0, 0.1) is 0 Å². The SMILES string of the molecule is Nc1ccccc1NC(=O)CCCCCC(=O)NCc1ccc([C@H]2O[C@@H](CN3CCCCC3)C[C@@H](c3ccc(CO)cc3)O2)cc1. The highest BCUT2D eigenvalue weighted by Crippen LogP contribution is 2.38. The molecule has 3 aromatic rings. The highest BCUT2D eigenvalue weighted by atomic mass is 16.7. The van der Waals surface area contributed by atoms with Crippen molar-refractivity contribution in [2.45, 2.75) is 89.4 Å². The quantitative estimate of drug-likeness (QED) is 0.128. The molecule has 0 radical (unpaired) electrons. The molecule has 246 valence electrons. The van der Waals surface area contributed by atoms with Gasteiger partial charge in [0.05, 0.1) is 30.2 Å². The van der Waals surface area contributed by atoms with Crippen molar-refractivity contribution in [1.29, 1.82) is 0 Å². The van der Waals surface area contributed by atoms with E-state index in [-0.39, 0.29) is 30.6 Å². The van der Waals surface area contributed by atoms with Crippen molar-refractivity contribution in [2.75, 3.05) is 30.7 Å². The highest BCUT2D eigenvalue weighted by Gasteiger charge is 2.33. The first kappa shape index (κ1) is 33.6. The van der Waals surface area contributed by atoms with Crippen molar-refractivity contribution in [3.05, 3.63) is 95.1 Å². The topological polar surface area (TPSA) is 126 Å². The molecular weight excluding hydrogens is 580 g/mol. The van der Waals surface area contributed by atoms with Crippen LogP contribution in [0.3, 0.4) is 0 Å². The van der Waals surface area contributed by atoms with Gasteiger partial charge in [0.1, 0.15) is 0 Å². The minimum Gasteiger partial charge on any atom is -0.397 e. The summed E-state index contributed by atoms with van der Waals surface area (Å²) < 4.78 is 13.0. The average Bonchev–Trinajstić information content (AvgIpc) is 3.09. The number of likely N-dealkylation sites (tertiary alicyclic amines) is 1. The fourth-order valence-electron chi connectivity index (χ4n) is 6.12. The Hall–Kier alpha value is -3.76. The van der Waals surface area contributed by atoms with Crippen LogP contribution in [0.2, 0.25) is 0 Å². The van der Waals surface area contributed by atoms with Gasteiger partial charge in [-0.1, -0.05) is 73.5 Å². The number of para-hydroxylation sites is 2. The molecule has 0 aromatic heterocycles. The average molecular weight is 629 g/mol. The number of nitrogens with one attached hydrogen (secondary N) is 2. The van der Waals surface area contributed by atoms with E-state index >= 15 is 0 Å². The van der Waals surface area contributed by atoms with Gasteiger partial charge >= 0.3 is 0 Å². The third-order valence-corrected chi connectivity index (χ3v) is 8.81. The Balaban J connectivity index is 1.07. The van der Waals surface area contributed by atoms with Gasteiger partial charge in [0.2, 0.25) is 11.8 Å². The number of piperidine rings is 1. The van der Waals surface area contributed by atoms with Gasteiger partial charge in [-0.2, -0.15) is 0 Å². The van der Waals surface area contributed by atoms with Gasteiger partial charge in [-0.3, -0.25) is 9.59 Å². The zero-order valence-corrected chi connectivity index (χ0v) is 26.7. The van der Waals surface area contributed by atoms with E-state index in [4.69, 9.17) is 15.2 Å². The molecule has 2 fully saturated rings. The Labute approximate surface area is 272 Å². The first-order valence-corrected chi connectivity index (χ1v) is 16.7. The maximum Gasteiger partial charge on any atom is 0.224 e. The van der Waals surface area contributed by atoms with E-state index in [0.29, 0.717) is 37.2 Å². The normalized spacial score (nSPS) is 20.2. The summed E-state index contributed by atoms with van der Waals surface area (Å²) >= 11 is 0. The predicted molar refractivity (Wildman–Crippen MR) is 180 cm³/mol. The number of anilines is 2. The second-order valence-corrected chi connectivity index (χ2v) is 12.4. The van der Waals surface area contributed by atoms with E-state index in [1.54, 1.807) is 12.1 Å². The van der Waals surface area contributed by atoms with E-state index in [2.05, 4.69) is 15.5 Å². The van der Waals surface area contributed by atoms with Gasteiger partial charge in [-0.05, 0) is 67.6 Å². The maximum atomic E-state index is 12.5. The second-order valence-electron chi connectivity index (χ2n) is 12.4. The van der Waals surface area contributed by atoms with Crippen LogP contribution in [0.5, 0.6) is 0 Å². The van der Waals surface area contributed by atoms with Gasteiger partial charge in [-0.25, -0.2) is 0 Å². The fourth-order valence-corrected chi connectivity index (χ4v) is 6.12. The molecule has 9 nitrogen and oxygen atoms in total. The molecule has 0 unspecified atom stereocenters. The number of nitrogens with zero attached hydrogens (tertiary/aromatic N) is 1. The molecule has 5 N–H and O–H groups in total. The van der Waals surface area contributed by atoms with Crippen LogP contribution in [0.1, 0.15) is 92.4 Å². The van der Waals surface area contributed by atoms with E-state index in [0.717, 1.165) is 61.2 Å². The van der Waals surface area contributed by atoms with Crippen LogP contribution in [0.15, 0.2) is 72.8 Å². The number of rotatable bonds is 14. The lowest BCUT2D eigenvalue weighted by molar-refractivity contribution is -0.253. The van der Waals surface area contributed by atoms with E-state index in [1.165, 1.54) is 19.3 Å². The number of hydrogen-bond acceptors (Lipinski definition) is 7. The van der Waals surface area contributed by atoms with Crippen molar-refractivity contribution in [3.8, 4) is 0 Å². The Morgan fingerprint density at radius 2 is 1.48 bits per heavy atom. The minimum atomic E-state index is -0.484. The van der Waals surface area contributed by atoms with Crippen molar-refractivity contribution < 1.29 is 24.2 Å². The summed E-state index contributed by atoms with van der Waals surface area (Å²) in [4.78, 5) is 27.1. The molecule has 2 aliphatic heterocycles. The summed E-state index contributed by atoms with van der Waals surface area (Å²) in [6.07, 6.45) is 7.08. The summed E-state index contributed by atoms with van der Waals surface area (Å²) in [6, 6.07) is 23.3. The number of aliphatic hydroxyl groups excluding tert-OH is 1. The second kappa shape index (κ2) is 17.2. The number of ether oxygens (including phenoxy) is 2. The summed E-state index contributed by atoms with van der Waals surface area (Å²) in [7, 11) is 0. The highest BCUT2D eigenvalue weighted by molar-refractivity contribution is 5.93. The molecule has 3 atom stereocenters. The number of aliphatic hydroxyl groups is 1. The van der Waals surface area contributed by atoms with Crippen LogP contribution in [-0.4, -0.2) is 47.6 Å². The molecule has 0 spiro atoms. The first-order chi connectivity index (χ1) is 22.5. The van der Waals surface area contributed by atoms with Crippen LogP contribution in [-0.2, 0) is 32.2 Å². The number of amides is 2. The van der Waals surface area contributed by atoms with Crippen molar-refractivity contribution in [3.63, 3.8) is 0 Å². The zero-order chi connectivity index (χ0) is 32.1. The monoisotopic (exact) mass is 628 g/mol. The lowest BCUT2D eigenvalue weighted by Crippen LogP contribution is -2.41. The maximum absolute atomic E-state index is 12.5. The number of carbonyl (C=O) groups is 2. The lowest BCUT2D eigenvalue weighted by Gasteiger charge is -2.39. The number of unbranched alkanes of at least 4 members (excludes halogenated alkanes) is 2. The number of nitrogen functional groups attached to an aromatic ring is 1. The Morgan fingerprint density at radius 3 is 2.20 bits per heavy atom. The molecule has 0 saturated carbocycles. The molecule has 2 heterocycles. The largest absolute Gasteiger partial charge is 0.397 e. The molecular formula is C37H48N4O5. The third kappa shape index (κ3) is 10.1. The molecule has 2 amide bonds. The number of benzene rings is 3. The van der Waals surface area contributed by atoms with Crippen LogP contribution in [0.4, 0.5) is 11.4 Å². The molecule has 0 aliphatic carbocycles. The first-order valence-electron chi connectivity index (χ1n) is 16.7. The summed E-state index contributed by atoms with van der Waals surface area (Å²) in [5, 5.41) is 15.3. The van der Waals surface area contributed by atoms with Crippen LogP contribution >= 0.6 is 0 Å². The van der Waals surface area contributed by atoms with E-state index < -0.39 is 6.29 Å². The van der Waals surface area contributed by atoms with Gasteiger partial charge < -0.3 is 35.8 Å². The summed E-state index contributed by atoms with van der Waals surface area (Å²) in [6.45, 7) is 3.59. The predicted octanol–water partition coefficient (Wildman–Crippen LogP) is 6.00. The summed E-state index contributed by atoms with van der Waals surface area (Å²) in [5.41, 5.74) is 11.0. The van der Waals surface area contributed by atoms with Gasteiger partial charge in [0.15, 0.2) is 6.29 Å². The third-order valence-electron chi connectivity index (χ3n) is 8.81. The minimum absolute atomic E-state index is 0.000136. The molecule has 3 aromatic carbocycles. The van der Waals surface area contributed by atoms with Gasteiger partial charge in [-0.15, -0.1) is 0 Å². The van der Waals surface area contributed by atoms with E-state index in [1.807, 2.05) is 60.7 Å². The number of hydrogen-bond donors (Lipinski definition) is 4.